The Morgan fingerprint density at radius 1 is 0.810 bits per heavy atom. The Bertz CT molecular complexity index is 1890. The number of hydrogen-bond acceptors (Lipinski definition) is 5. The highest BCUT2D eigenvalue weighted by Crippen LogP contribution is 2.33. The van der Waals surface area contributed by atoms with Crippen LogP contribution in [-0.2, 0) is 27.5 Å². The van der Waals surface area contributed by atoms with Crippen LogP contribution in [0.5, 0.6) is 5.75 Å². The number of methoxy groups -OCH3 is 1. The monoisotopic (exact) mass is 591 g/mol. The molecule has 0 heterocycles. The molecule has 0 aromatic heterocycles. The molecule has 0 amide bonds. The van der Waals surface area contributed by atoms with E-state index in [1.165, 1.54) is 37.4 Å². The van der Waals surface area contributed by atoms with Gasteiger partial charge in [-0.3, -0.25) is 4.72 Å². The normalized spacial score (nSPS) is 11.7. The Kier molecular flexibility index (Phi) is 7.91. The van der Waals surface area contributed by atoms with E-state index in [1.807, 2.05) is 18.2 Å². The van der Waals surface area contributed by atoms with Crippen LogP contribution < -0.4 is 9.46 Å². The fourth-order valence-corrected chi connectivity index (χ4v) is 5.58. The molecular weight excluding hydrogens is 567 g/mol. The molecule has 1 N–H and O–H groups in total. The fraction of sp³-hybridized carbons (Fsp3) is 0.0938. The average Bonchev–Trinajstić information content (AvgIpc) is 2.99. The van der Waals surface area contributed by atoms with Crippen LogP contribution in [0.25, 0.3) is 21.9 Å². The van der Waals surface area contributed by atoms with E-state index >= 15 is 0 Å². The van der Waals surface area contributed by atoms with Crippen molar-refractivity contribution in [1.82, 2.24) is 0 Å². The summed E-state index contributed by atoms with van der Waals surface area (Å²) in [5, 5.41) is 1.62. The molecular formula is C32H24F3NO5S. The first kappa shape index (κ1) is 28.7. The second-order valence-corrected chi connectivity index (χ2v) is 11.0. The third kappa shape index (κ3) is 6.23. The highest BCUT2D eigenvalue weighted by atomic mass is 32.2. The molecule has 0 radical (unpaired) electrons. The standard InChI is InChI=1S/C32H24F3NO5S/c1-40-31(37)29-18-23(14-16-30(29)36-42(38,39)27-15-13-21-7-2-3-8-22(21)17-27)28-12-5-4-9-24(28)20-41-26-11-6-10-25(19-26)32(33,34)35/h2-19,36H,20H2,1H3. The van der Waals surface area contributed by atoms with Crippen molar-refractivity contribution in [2.24, 2.45) is 0 Å². The molecule has 5 aromatic rings. The lowest BCUT2D eigenvalue weighted by Crippen LogP contribution is -2.16. The Labute approximate surface area is 240 Å². The Morgan fingerprint density at radius 3 is 2.31 bits per heavy atom. The quantitative estimate of drug-likeness (QED) is 0.187. The first-order chi connectivity index (χ1) is 20.0. The zero-order valence-electron chi connectivity index (χ0n) is 22.2. The van der Waals surface area contributed by atoms with E-state index in [0.29, 0.717) is 16.7 Å². The lowest BCUT2D eigenvalue weighted by molar-refractivity contribution is -0.137. The first-order valence-corrected chi connectivity index (χ1v) is 14.2. The molecule has 42 heavy (non-hydrogen) atoms. The SMILES string of the molecule is COC(=O)c1cc(-c2ccccc2COc2cccc(C(F)(F)F)c2)ccc1NS(=O)(=O)c1ccc2ccccc2c1. The van der Waals surface area contributed by atoms with Gasteiger partial charge in [-0.1, -0.05) is 66.7 Å². The van der Waals surface area contributed by atoms with Gasteiger partial charge in [-0.25, -0.2) is 13.2 Å². The number of rotatable bonds is 8. The molecule has 10 heteroatoms. The summed E-state index contributed by atoms with van der Waals surface area (Å²) in [4.78, 5) is 12.8. The minimum Gasteiger partial charge on any atom is -0.489 e. The number of ether oxygens (including phenoxy) is 2. The largest absolute Gasteiger partial charge is 0.489 e. The van der Waals surface area contributed by atoms with E-state index in [1.54, 1.807) is 48.5 Å². The number of carbonyl (C=O) groups is 1. The molecule has 5 rings (SSSR count). The topological polar surface area (TPSA) is 81.7 Å². The van der Waals surface area contributed by atoms with E-state index in [-0.39, 0.29) is 28.5 Å². The number of nitrogens with one attached hydrogen (secondary N) is 1. The van der Waals surface area contributed by atoms with E-state index in [0.717, 1.165) is 22.9 Å². The van der Waals surface area contributed by atoms with Gasteiger partial charge in [0.15, 0.2) is 0 Å². The van der Waals surface area contributed by atoms with E-state index < -0.39 is 27.7 Å². The summed E-state index contributed by atoms with van der Waals surface area (Å²) in [6.07, 6.45) is -4.50. The summed E-state index contributed by atoms with van der Waals surface area (Å²) in [6.45, 7) is -0.0542. The van der Waals surface area contributed by atoms with Crippen molar-refractivity contribution in [3.63, 3.8) is 0 Å². The third-order valence-corrected chi connectivity index (χ3v) is 7.95. The van der Waals surface area contributed by atoms with Crippen molar-refractivity contribution in [3.05, 3.63) is 126 Å². The molecule has 0 saturated heterocycles. The Hall–Kier alpha value is -4.83. The summed E-state index contributed by atoms with van der Waals surface area (Å²) >= 11 is 0. The number of esters is 1. The highest BCUT2D eigenvalue weighted by Gasteiger charge is 2.30. The van der Waals surface area contributed by atoms with Gasteiger partial charge in [0.2, 0.25) is 0 Å². The first-order valence-electron chi connectivity index (χ1n) is 12.7. The van der Waals surface area contributed by atoms with Crippen LogP contribution in [0.3, 0.4) is 0 Å². The van der Waals surface area contributed by atoms with Crippen molar-refractivity contribution in [2.45, 2.75) is 17.7 Å². The maximum atomic E-state index is 13.3. The number of sulfonamides is 1. The van der Waals surface area contributed by atoms with Gasteiger partial charge >= 0.3 is 12.1 Å². The second kappa shape index (κ2) is 11.6. The van der Waals surface area contributed by atoms with Crippen molar-refractivity contribution in [2.75, 3.05) is 11.8 Å². The Balaban J connectivity index is 1.45. The molecule has 0 fully saturated rings. The fourth-order valence-electron chi connectivity index (χ4n) is 4.47. The number of hydrogen-bond donors (Lipinski definition) is 1. The lowest BCUT2D eigenvalue weighted by atomic mass is 9.97. The molecule has 0 atom stereocenters. The van der Waals surface area contributed by atoms with Crippen molar-refractivity contribution < 1.29 is 35.9 Å². The lowest BCUT2D eigenvalue weighted by Gasteiger charge is -2.16. The summed E-state index contributed by atoms with van der Waals surface area (Å²) in [5.41, 5.74) is 1.00. The third-order valence-electron chi connectivity index (χ3n) is 6.58. The number of benzene rings is 5. The highest BCUT2D eigenvalue weighted by molar-refractivity contribution is 7.92. The van der Waals surface area contributed by atoms with Gasteiger partial charge in [-0.2, -0.15) is 13.2 Å². The van der Waals surface area contributed by atoms with E-state index in [9.17, 15) is 26.4 Å². The van der Waals surface area contributed by atoms with E-state index in [2.05, 4.69) is 4.72 Å². The molecule has 214 valence electrons. The second-order valence-electron chi connectivity index (χ2n) is 9.34. The molecule has 0 saturated carbocycles. The van der Waals surface area contributed by atoms with Gasteiger partial charge < -0.3 is 9.47 Å². The molecule has 0 unspecified atom stereocenters. The summed E-state index contributed by atoms with van der Waals surface area (Å²) in [7, 11) is -2.88. The van der Waals surface area contributed by atoms with Gasteiger partial charge in [0, 0.05) is 0 Å². The zero-order chi connectivity index (χ0) is 29.9. The van der Waals surface area contributed by atoms with Gasteiger partial charge in [-0.15, -0.1) is 0 Å². The zero-order valence-corrected chi connectivity index (χ0v) is 23.0. The van der Waals surface area contributed by atoms with Crippen LogP contribution in [0, 0.1) is 0 Å². The molecule has 0 aliphatic heterocycles. The molecule has 5 aromatic carbocycles. The maximum Gasteiger partial charge on any atom is 0.416 e. The predicted molar refractivity (Wildman–Crippen MR) is 154 cm³/mol. The number of carbonyl (C=O) groups excluding carboxylic acids is 1. The number of fused-ring (bicyclic) bond motifs is 1. The molecule has 0 aliphatic carbocycles. The van der Waals surface area contributed by atoms with Crippen LogP contribution in [-0.4, -0.2) is 21.5 Å². The minimum absolute atomic E-state index is 0.0204. The van der Waals surface area contributed by atoms with Crippen LogP contribution in [0.1, 0.15) is 21.5 Å². The maximum absolute atomic E-state index is 13.3. The van der Waals surface area contributed by atoms with Crippen LogP contribution >= 0.6 is 0 Å². The Morgan fingerprint density at radius 2 is 1.55 bits per heavy atom. The van der Waals surface area contributed by atoms with Crippen LogP contribution in [0.4, 0.5) is 18.9 Å². The van der Waals surface area contributed by atoms with Gasteiger partial charge in [-0.05, 0) is 69.9 Å². The molecule has 0 bridgehead atoms. The summed E-state index contributed by atoms with van der Waals surface area (Å²) < 4.78 is 79.0. The summed E-state index contributed by atoms with van der Waals surface area (Å²) in [6, 6.07) is 28.3. The number of anilines is 1. The van der Waals surface area contributed by atoms with Gasteiger partial charge in [0.1, 0.15) is 12.4 Å². The molecule has 0 spiro atoms. The van der Waals surface area contributed by atoms with Crippen molar-refractivity contribution in [1.29, 1.82) is 0 Å². The number of halogens is 3. The molecule has 0 aliphatic rings. The van der Waals surface area contributed by atoms with Crippen molar-refractivity contribution >= 4 is 32.5 Å². The van der Waals surface area contributed by atoms with Gasteiger partial charge in [0.05, 0.1) is 28.8 Å². The van der Waals surface area contributed by atoms with E-state index in [4.69, 9.17) is 9.47 Å². The molecule has 6 nitrogen and oxygen atoms in total. The number of alkyl halides is 3. The average molecular weight is 592 g/mol. The van der Waals surface area contributed by atoms with Gasteiger partial charge in [0.25, 0.3) is 10.0 Å². The minimum atomic E-state index is -4.50. The predicted octanol–water partition coefficient (Wildman–Crippen LogP) is 7.69. The van der Waals surface area contributed by atoms with Crippen LogP contribution in [0.2, 0.25) is 0 Å². The van der Waals surface area contributed by atoms with Crippen molar-refractivity contribution in [3.8, 4) is 16.9 Å². The smallest absolute Gasteiger partial charge is 0.416 e. The summed E-state index contributed by atoms with van der Waals surface area (Å²) in [5.74, 6) is -0.709. The van der Waals surface area contributed by atoms with Crippen LogP contribution in [0.15, 0.2) is 114 Å².